The van der Waals surface area contributed by atoms with Crippen LogP contribution in [-0.2, 0) is 17.1 Å². The highest BCUT2D eigenvalue weighted by atomic mass is 79.9. The molecule has 1 unspecified atom stereocenters. The second kappa shape index (κ2) is 5.92. The molecule has 0 aliphatic heterocycles. The quantitative estimate of drug-likeness (QED) is 0.858. The van der Waals surface area contributed by atoms with E-state index in [9.17, 15) is 8.42 Å². The molecular formula is C9H17BrN4O2S. The van der Waals surface area contributed by atoms with E-state index < -0.39 is 10.0 Å². The van der Waals surface area contributed by atoms with E-state index in [0.29, 0.717) is 0 Å². The largest absolute Gasteiger partial charge is 0.260 e. The fourth-order valence-electron chi connectivity index (χ4n) is 1.50. The van der Waals surface area contributed by atoms with E-state index >= 15 is 0 Å². The number of nitrogens with one attached hydrogen (secondary N) is 1. The maximum Gasteiger partial charge on any atom is 0.260 e. The van der Waals surface area contributed by atoms with Crippen molar-refractivity contribution in [3.05, 3.63) is 4.60 Å². The molecule has 1 atom stereocenters. The van der Waals surface area contributed by atoms with Crippen LogP contribution in [0.1, 0.15) is 33.1 Å². The lowest BCUT2D eigenvalue weighted by Crippen LogP contribution is -2.33. The molecule has 6 nitrogen and oxygen atoms in total. The molecule has 0 fully saturated rings. The van der Waals surface area contributed by atoms with Crippen molar-refractivity contribution >= 4 is 26.0 Å². The van der Waals surface area contributed by atoms with Crippen molar-refractivity contribution < 1.29 is 8.42 Å². The molecule has 1 aromatic rings. The first-order valence-electron chi connectivity index (χ1n) is 5.46. The summed E-state index contributed by atoms with van der Waals surface area (Å²) in [5.41, 5.74) is 0. The second-order valence-electron chi connectivity index (χ2n) is 3.97. The predicted molar refractivity (Wildman–Crippen MR) is 68.0 cm³/mol. The molecule has 8 heteroatoms. The third kappa shape index (κ3) is 3.75. The lowest BCUT2D eigenvalue weighted by atomic mass is 10.2. The summed E-state index contributed by atoms with van der Waals surface area (Å²) < 4.78 is 28.2. The van der Waals surface area contributed by atoms with E-state index in [1.807, 2.05) is 6.92 Å². The molecule has 1 rings (SSSR count). The summed E-state index contributed by atoms with van der Waals surface area (Å²) in [5.74, 6) is 0. The summed E-state index contributed by atoms with van der Waals surface area (Å²) in [6.45, 7) is 3.92. The Balaban J connectivity index is 2.83. The van der Waals surface area contributed by atoms with Crippen molar-refractivity contribution in [2.75, 3.05) is 0 Å². The zero-order chi connectivity index (χ0) is 13.1. The van der Waals surface area contributed by atoms with Gasteiger partial charge in [0.05, 0.1) is 0 Å². The Morgan fingerprint density at radius 1 is 1.53 bits per heavy atom. The number of aromatic nitrogens is 3. The van der Waals surface area contributed by atoms with Gasteiger partial charge in [-0.2, -0.15) is 0 Å². The minimum absolute atomic E-state index is 0.0563. The van der Waals surface area contributed by atoms with Gasteiger partial charge < -0.3 is 0 Å². The Labute approximate surface area is 110 Å². The highest BCUT2D eigenvalue weighted by Gasteiger charge is 2.25. The number of halogens is 1. The zero-order valence-electron chi connectivity index (χ0n) is 10.1. The van der Waals surface area contributed by atoms with Gasteiger partial charge in [-0.3, -0.25) is 0 Å². The number of sulfonamides is 1. The number of hydrogen-bond donors (Lipinski definition) is 1. The molecule has 0 aromatic carbocycles. The van der Waals surface area contributed by atoms with E-state index in [0.717, 1.165) is 19.3 Å². The van der Waals surface area contributed by atoms with Gasteiger partial charge in [-0.25, -0.2) is 17.8 Å². The highest BCUT2D eigenvalue weighted by molar-refractivity contribution is 9.10. The molecule has 0 aliphatic rings. The van der Waals surface area contributed by atoms with E-state index in [1.54, 1.807) is 7.05 Å². The van der Waals surface area contributed by atoms with Gasteiger partial charge in [0.15, 0.2) is 4.60 Å². The van der Waals surface area contributed by atoms with E-state index in [-0.39, 0.29) is 15.7 Å². The average molecular weight is 325 g/mol. The third-order valence-electron chi connectivity index (χ3n) is 2.34. The van der Waals surface area contributed by atoms with Crippen LogP contribution in [0.4, 0.5) is 0 Å². The van der Waals surface area contributed by atoms with E-state index in [4.69, 9.17) is 0 Å². The normalized spacial score (nSPS) is 13.9. The fourth-order valence-corrected chi connectivity index (χ4v) is 3.87. The minimum atomic E-state index is -3.57. The Morgan fingerprint density at radius 3 is 2.65 bits per heavy atom. The molecule has 0 saturated heterocycles. The van der Waals surface area contributed by atoms with Crippen molar-refractivity contribution in [2.24, 2.45) is 7.05 Å². The number of nitrogens with zero attached hydrogens (tertiary/aromatic N) is 3. The molecule has 0 radical (unpaired) electrons. The monoisotopic (exact) mass is 324 g/mol. The van der Waals surface area contributed by atoms with Crippen LogP contribution >= 0.6 is 15.9 Å². The summed E-state index contributed by atoms with van der Waals surface area (Å²) in [6, 6.07) is -0.0956. The molecular weight excluding hydrogens is 308 g/mol. The molecule has 0 amide bonds. The van der Waals surface area contributed by atoms with Gasteiger partial charge >= 0.3 is 0 Å². The fraction of sp³-hybridized carbons (Fsp3) is 0.778. The van der Waals surface area contributed by atoms with Crippen LogP contribution in [0.5, 0.6) is 0 Å². The van der Waals surface area contributed by atoms with Crippen LogP contribution in [0.3, 0.4) is 0 Å². The first kappa shape index (κ1) is 14.6. The van der Waals surface area contributed by atoms with Crippen LogP contribution < -0.4 is 4.72 Å². The summed E-state index contributed by atoms with van der Waals surface area (Å²) in [5, 5.41) is 7.37. The molecule has 17 heavy (non-hydrogen) atoms. The van der Waals surface area contributed by atoms with Crippen molar-refractivity contribution in [3.8, 4) is 0 Å². The van der Waals surface area contributed by atoms with Crippen LogP contribution in [0.25, 0.3) is 0 Å². The zero-order valence-corrected chi connectivity index (χ0v) is 12.5. The van der Waals surface area contributed by atoms with Crippen molar-refractivity contribution in [1.82, 2.24) is 19.7 Å². The highest BCUT2D eigenvalue weighted by Crippen LogP contribution is 2.18. The molecule has 1 N–H and O–H groups in total. The SMILES string of the molecule is CCCCC(C)NS(=O)(=O)c1c(Br)nnn1C. The van der Waals surface area contributed by atoms with Crippen LogP contribution in [-0.4, -0.2) is 29.5 Å². The third-order valence-corrected chi connectivity index (χ3v) is 4.81. The molecule has 0 saturated carbocycles. The Kier molecular flexibility index (Phi) is 5.08. The summed E-state index contributed by atoms with van der Waals surface area (Å²) in [4.78, 5) is 0. The Bertz CT molecular complexity index is 452. The van der Waals surface area contributed by atoms with Crippen LogP contribution in [0.2, 0.25) is 0 Å². The summed E-state index contributed by atoms with van der Waals surface area (Å²) in [6.07, 6.45) is 2.86. The number of unbranched alkanes of at least 4 members (excludes halogenated alkanes) is 1. The molecule has 1 aromatic heterocycles. The molecule has 0 bridgehead atoms. The van der Waals surface area contributed by atoms with Gasteiger partial charge in [-0.15, -0.1) is 5.10 Å². The second-order valence-corrected chi connectivity index (χ2v) is 6.35. The average Bonchev–Trinajstić information content (AvgIpc) is 2.55. The van der Waals surface area contributed by atoms with Crippen molar-refractivity contribution in [1.29, 1.82) is 0 Å². The van der Waals surface area contributed by atoms with Gasteiger partial charge in [-0.05, 0) is 29.3 Å². The number of aryl methyl sites for hydroxylation is 1. The maximum atomic E-state index is 12.1. The predicted octanol–water partition coefficient (Wildman–Crippen LogP) is 1.43. The number of hydrogen-bond acceptors (Lipinski definition) is 4. The van der Waals surface area contributed by atoms with Crippen LogP contribution in [0.15, 0.2) is 9.63 Å². The van der Waals surface area contributed by atoms with Gasteiger partial charge in [0.2, 0.25) is 5.03 Å². The first-order chi connectivity index (χ1) is 7.88. The summed E-state index contributed by atoms with van der Waals surface area (Å²) in [7, 11) is -2.02. The van der Waals surface area contributed by atoms with Crippen molar-refractivity contribution in [3.63, 3.8) is 0 Å². The van der Waals surface area contributed by atoms with E-state index in [2.05, 4.69) is 37.9 Å². The Hall–Kier alpha value is -0.470. The van der Waals surface area contributed by atoms with Gasteiger partial charge in [0.1, 0.15) is 0 Å². The van der Waals surface area contributed by atoms with Gasteiger partial charge in [-0.1, -0.05) is 25.0 Å². The van der Waals surface area contributed by atoms with Crippen molar-refractivity contribution in [2.45, 2.75) is 44.2 Å². The molecule has 1 heterocycles. The number of rotatable bonds is 6. The smallest absolute Gasteiger partial charge is 0.235 e. The lowest BCUT2D eigenvalue weighted by molar-refractivity contribution is 0.523. The van der Waals surface area contributed by atoms with Gasteiger partial charge in [0.25, 0.3) is 10.0 Å². The first-order valence-corrected chi connectivity index (χ1v) is 7.73. The molecule has 0 aliphatic carbocycles. The molecule has 0 spiro atoms. The molecule has 98 valence electrons. The maximum absolute atomic E-state index is 12.1. The van der Waals surface area contributed by atoms with Gasteiger partial charge in [0, 0.05) is 13.1 Å². The Morgan fingerprint density at radius 2 is 2.18 bits per heavy atom. The van der Waals surface area contributed by atoms with Crippen LogP contribution in [0, 0.1) is 0 Å². The standard InChI is InChI=1S/C9H17BrN4O2S/c1-4-5-6-7(2)12-17(15,16)9-8(10)11-13-14(9)3/h7,12H,4-6H2,1-3H3. The minimum Gasteiger partial charge on any atom is -0.235 e. The lowest BCUT2D eigenvalue weighted by Gasteiger charge is -2.13. The summed E-state index contributed by atoms with van der Waals surface area (Å²) >= 11 is 3.08. The van der Waals surface area contributed by atoms with E-state index in [1.165, 1.54) is 4.68 Å². The topological polar surface area (TPSA) is 76.9 Å².